The molecule has 5 rings (SSSR count). The third kappa shape index (κ3) is 4.04. The molecule has 2 saturated carbocycles. The zero-order chi connectivity index (χ0) is 23.9. The number of aliphatic hydroxyl groups is 1. The van der Waals surface area contributed by atoms with Crippen LogP contribution in [0.3, 0.4) is 0 Å². The second-order valence-electron chi connectivity index (χ2n) is 10.6. The van der Waals surface area contributed by atoms with Crippen LogP contribution < -0.4 is 10.1 Å². The zero-order valence-electron chi connectivity index (χ0n) is 20.0. The number of rotatable bonds is 6. The van der Waals surface area contributed by atoms with Crippen LogP contribution in [0.5, 0.6) is 11.6 Å². The number of aromatic hydroxyl groups is 1. The van der Waals surface area contributed by atoms with Crippen molar-refractivity contribution in [2.24, 2.45) is 23.2 Å². The molecule has 34 heavy (non-hydrogen) atoms. The van der Waals surface area contributed by atoms with E-state index in [2.05, 4.69) is 28.5 Å². The summed E-state index contributed by atoms with van der Waals surface area (Å²) in [5.74, 6) is 2.52. The number of aromatic nitrogens is 2. The normalized spacial score (nSPS) is 31.8. The fraction of sp³-hybridized carbons (Fsp3) is 0.593. The number of fused-ring (bicyclic) bond motifs is 5. The zero-order valence-corrected chi connectivity index (χ0v) is 20.0. The van der Waals surface area contributed by atoms with Gasteiger partial charge in [-0.25, -0.2) is 0 Å². The average molecular weight is 466 g/mol. The van der Waals surface area contributed by atoms with Gasteiger partial charge in [0.05, 0.1) is 13.2 Å². The number of carbonyl (C=O) groups is 1. The van der Waals surface area contributed by atoms with Gasteiger partial charge in [0.2, 0.25) is 5.88 Å². The van der Waals surface area contributed by atoms with Crippen LogP contribution in [0.4, 0.5) is 0 Å². The molecule has 2 aromatic rings. The first-order chi connectivity index (χ1) is 16.4. The highest BCUT2D eigenvalue weighted by Gasteiger charge is 2.56. The summed E-state index contributed by atoms with van der Waals surface area (Å²) >= 11 is 0. The number of nitrogens with one attached hydrogen (secondary N) is 1. The third-order valence-electron chi connectivity index (χ3n) is 8.95. The quantitative estimate of drug-likeness (QED) is 0.560. The smallest absolute Gasteiger partial charge is 0.271 e. The van der Waals surface area contributed by atoms with E-state index in [1.165, 1.54) is 18.2 Å². The predicted octanol–water partition coefficient (Wildman–Crippen LogP) is 3.84. The number of ether oxygens (including phenoxy) is 1. The highest BCUT2D eigenvalue weighted by atomic mass is 16.5. The number of aliphatic hydroxyl groups excluding tert-OH is 1. The molecule has 182 valence electrons. The molecular formula is C27H35N3O4. The minimum Gasteiger partial charge on any atom is -0.508 e. The van der Waals surface area contributed by atoms with E-state index in [4.69, 9.17) is 4.74 Å². The fourth-order valence-electron chi connectivity index (χ4n) is 7.24. The van der Waals surface area contributed by atoms with Gasteiger partial charge in [0.15, 0.2) is 5.69 Å². The molecule has 1 aromatic heterocycles. The molecule has 1 aromatic carbocycles. The van der Waals surface area contributed by atoms with E-state index in [0.717, 1.165) is 44.9 Å². The molecule has 0 saturated heterocycles. The largest absolute Gasteiger partial charge is 0.508 e. The molecule has 3 aliphatic carbocycles. The molecule has 2 fully saturated rings. The SMILES string of the molecule is COc1ccc(C(=O)NCCCC2Cc3cc(O)ccc3C3CCC4(C)C(O)CCC4C23)nn1. The maximum absolute atomic E-state index is 12.4. The first kappa shape index (κ1) is 23.1. The van der Waals surface area contributed by atoms with E-state index < -0.39 is 0 Å². The van der Waals surface area contributed by atoms with E-state index in [-0.39, 0.29) is 23.1 Å². The van der Waals surface area contributed by atoms with Gasteiger partial charge >= 0.3 is 0 Å². The minimum absolute atomic E-state index is 0.00902. The van der Waals surface area contributed by atoms with Crippen molar-refractivity contribution in [3.8, 4) is 11.6 Å². The number of phenols is 1. The first-order valence-corrected chi connectivity index (χ1v) is 12.6. The van der Waals surface area contributed by atoms with E-state index >= 15 is 0 Å². The molecule has 6 unspecified atom stereocenters. The van der Waals surface area contributed by atoms with Crippen molar-refractivity contribution in [3.05, 3.63) is 47.2 Å². The number of hydrogen-bond acceptors (Lipinski definition) is 6. The Morgan fingerprint density at radius 3 is 2.82 bits per heavy atom. The summed E-state index contributed by atoms with van der Waals surface area (Å²) in [5, 5.41) is 31.7. The van der Waals surface area contributed by atoms with Crippen molar-refractivity contribution < 1.29 is 19.7 Å². The number of amides is 1. The molecule has 7 heteroatoms. The summed E-state index contributed by atoms with van der Waals surface area (Å²) < 4.78 is 5.00. The molecule has 0 radical (unpaired) electrons. The van der Waals surface area contributed by atoms with Gasteiger partial charge in [0.1, 0.15) is 5.75 Å². The lowest BCUT2D eigenvalue weighted by molar-refractivity contribution is -0.0395. The molecule has 1 heterocycles. The topological polar surface area (TPSA) is 105 Å². The molecule has 0 spiro atoms. The van der Waals surface area contributed by atoms with Crippen molar-refractivity contribution >= 4 is 5.91 Å². The number of methoxy groups -OCH3 is 1. The lowest BCUT2D eigenvalue weighted by Crippen LogP contribution is -2.47. The number of nitrogens with zero attached hydrogens (tertiary/aromatic N) is 2. The second kappa shape index (κ2) is 9.17. The van der Waals surface area contributed by atoms with E-state index in [9.17, 15) is 15.0 Å². The number of hydrogen-bond donors (Lipinski definition) is 3. The lowest BCUT2D eigenvalue weighted by Gasteiger charge is -2.53. The van der Waals surface area contributed by atoms with Crippen LogP contribution in [0.25, 0.3) is 0 Å². The van der Waals surface area contributed by atoms with Crippen molar-refractivity contribution in [2.75, 3.05) is 13.7 Å². The molecule has 3 aliphatic rings. The fourth-order valence-corrected chi connectivity index (χ4v) is 7.24. The van der Waals surface area contributed by atoms with Crippen molar-refractivity contribution in [1.82, 2.24) is 15.5 Å². The van der Waals surface area contributed by atoms with Gasteiger partial charge < -0.3 is 20.3 Å². The van der Waals surface area contributed by atoms with Crippen LogP contribution in [0.2, 0.25) is 0 Å². The maximum Gasteiger partial charge on any atom is 0.271 e. The average Bonchev–Trinajstić information content (AvgIpc) is 3.15. The van der Waals surface area contributed by atoms with E-state index in [1.54, 1.807) is 12.1 Å². The Labute approximate surface area is 200 Å². The van der Waals surface area contributed by atoms with Crippen LogP contribution in [0, 0.1) is 23.2 Å². The van der Waals surface area contributed by atoms with Gasteiger partial charge in [-0.3, -0.25) is 4.79 Å². The van der Waals surface area contributed by atoms with Crippen LogP contribution in [0.1, 0.15) is 73.0 Å². The number of carbonyl (C=O) groups excluding carboxylic acids is 1. The summed E-state index contributed by atoms with van der Waals surface area (Å²) in [6, 6.07) is 9.14. The van der Waals surface area contributed by atoms with E-state index in [0.29, 0.717) is 41.8 Å². The van der Waals surface area contributed by atoms with Gasteiger partial charge in [-0.05, 0) is 103 Å². The van der Waals surface area contributed by atoms with E-state index in [1.807, 2.05) is 12.1 Å². The van der Waals surface area contributed by atoms with Crippen molar-refractivity contribution in [2.45, 2.75) is 63.9 Å². The Hall–Kier alpha value is -2.67. The van der Waals surface area contributed by atoms with Gasteiger partial charge in [0.25, 0.3) is 5.91 Å². The van der Waals surface area contributed by atoms with Crippen LogP contribution >= 0.6 is 0 Å². The Balaban J connectivity index is 1.28. The van der Waals surface area contributed by atoms with Crippen molar-refractivity contribution in [1.29, 1.82) is 0 Å². The molecule has 0 bridgehead atoms. The highest BCUT2D eigenvalue weighted by molar-refractivity contribution is 5.92. The summed E-state index contributed by atoms with van der Waals surface area (Å²) in [4.78, 5) is 12.4. The molecule has 1 amide bonds. The Morgan fingerprint density at radius 2 is 2.06 bits per heavy atom. The van der Waals surface area contributed by atoms with Gasteiger partial charge in [0, 0.05) is 12.6 Å². The van der Waals surface area contributed by atoms with Crippen LogP contribution in [0.15, 0.2) is 30.3 Å². The molecule has 6 atom stereocenters. The molecular weight excluding hydrogens is 430 g/mol. The van der Waals surface area contributed by atoms with Crippen molar-refractivity contribution in [3.63, 3.8) is 0 Å². The Bertz CT molecular complexity index is 1040. The third-order valence-corrected chi connectivity index (χ3v) is 8.95. The van der Waals surface area contributed by atoms with Crippen LogP contribution in [-0.2, 0) is 6.42 Å². The highest BCUT2D eigenvalue weighted by Crippen LogP contribution is 2.62. The van der Waals surface area contributed by atoms with Crippen LogP contribution in [-0.4, -0.2) is 46.1 Å². The molecule has 3 N–H and O–H groups in total. The monoisotopic (exact) mass is 465 g/mol. The molecule has 0 aliphatic heterocycles. The first-order valence-electron chi connectivity index (χ1n) is 12.6. The number of phenolic OH excluding ortho intramolecular Hbond substituents is 1. The summed E-state index contributed by atoms with van der Waals surface area (Å²) in [7, 11) is 1.51. The minimum atomic E-state index is -0.226. The second-order valence-corrected chi connectivity index (χ2v) is 10.6. The maximum atomic E-state index is 12.4. The Morgan fingerprint density at radius 1 is 1.21 bits per heavy atom. The van der Waals surface area contributed by atoms with Gasteiger partial charge in [-0.1, -0.05) is 13.0 Å². The standard InChI is InChI=1S/C27H35N3O4/c1-27-12-11-20-19-6-5-18(31)15-17(19)14-16(25(20)21(27)7-9-23(27)32)4-3-13-28-26(33)22-8-10-24(34-2)30-29-22/h5-6,8,10,15-16,20-21,23,25,31-32H,3-4,7,9,11-14H2,1-2H3,(H,28,33). The number of benzene rings is 1. The Kier molecular flexibility index (Phi) is 6.23. The summed E-state index contributed by atoms with van der Waals surface area (Å²) in [5.41, 5.74) is 2.96. The predicted molar refractivity (Wildman–Crippen MR) is 128 cm³/mol. The summed E-state index contributed by atoms with van der Waals surface area (Å²) in [6.45, 7) is 2.88. The van der Waals surface area contributed by atoms with Gasteiger partial charge in [-0.2, -0.15) is 0 Å². The molecule has 7 nitrogen and oxygen atoms in total. The summed E-state index contributed by atoms with van der Waals surface area (Å²) in [6.07, 6.45) is 6.78. The van der Waals surface area contributed by atoms with Gasteiger partial charge in [-0.15, -0.1) is 10.2 Å². The lowest BCUT2D eigenvalue weighted by atomic mass is 9.52.